The fourth-order valence-corrected chi connectivity index (χ4v) is 3.16. The molecule has 1 aliphatic carbocycles. The van der Waals surface area contributed by atoms with E-state index in [0.29, 0.717) is 6.54 Å². The largest absolute Gasteiger partial charge is 0.355 e. The molecule has 0 saturated heterocycles. The second-order valence-electron chi connectivity index (χ2n) is 5.16. The molecule has 3 N–H and O–H groups in total. The molecule has 1 aliphatic rings. The van der Waals surface area contributed by atoms with Gasteiger partial charge in [0.05, 0.1) is 4.90 Å². The molecule has 0 heterocycles. The molecule has 0 unspecified atom stereocenters. The van der Waals surface area contributed by atoms with Gasteiger partial charge in [0.25, 0.3) is 5.91 Å². The number of carbonyl (C=O) groups is 2. The number of carbonyl (C=O) groups excluding carboxylic acids is 2. The summed E-state index contributed by atoms with van der Waals surface area (Å²) in [6.07, 6.45) is 1.70. The Hall–Kier alpha value is -1.93. The maximum Gasteiger partial charge on any atom is 0.251 e. The molecule has 1 aromatic rings. The minimum absolute atomic E-state index is 0.0140. The lowest BCUT2D eigenvalue weighted by Crippen LogP contribution is -2.33. The van der Waals surface area contributed by atoms with Crippen molar-refractivity contribution in [1.29, 1.82) is 0 Å². The predicted molar refractivity (Wildman–Crippen MR) is 80.8 cm³/mol. The summed E-state index contributed by atoms with van der Waals surface area (Å²) in [6, 6.07) is 5.89. The Bertz CT molecular complexity index is 668. The average Bonchev–Trinajstić information content (AvgIpc) is 3.26. The van der Waals surface area contributed by atoms with Gasteiger partial charge in [-0.05, 0) is 31.0 Å². The van der Waals surface area contributed by atoms with Gasteiger partial charge in [-0.15, -0.1) is 0 Å². The zero-order valence-electron chi connectivity index (χ0n) is 12.3. The first-order valence-electron chi connectivity index (χ1n) is 7.03. The van der Waals surface area contributed by atoms with Crippen molar-refractivity contribution in [1.82, 2.24) is 15.4 Å². The number of hydrogen-bond donors (Lipinski definition) is 3. The van der Waals surface area contributed by atoms with Crippen LogP contribution in [0, 0.1) is 0 Å². The standard InChI is InChI=1S/C14H19N3O4S/c1-10(18)15-7-8-16-14(19)11-3-2-4-13(9-11)22(20,21)17-12-5-6-12/h2-4,9,12,17H,5-8H2,1H3,(H,15,18)(H,16,19). The van der Waals surface area contributed by atoms with Crippen molar-refractivity contribution in [3.63, 3.8) is 0 Å². The fraction of sp³-hybridized carbons (Fsp3) is 0.429. The number of benzene rings is 1. The lowest BCUT2D eigenvalue weighted by Gasteiger charge is -2.08. The number of sulfonamides is 1. The van der Waals surface area contributed by atoms with E-state index >= 15 is 0 Å². The summed E-state index contributed by atoms with van der Waals surface area (Å²) >= 11 is 0. The highest BCUT2D eigenvalue weighted by atomic mass is 32.2. The van der Waals surface area contributed by atoms with Gasteiger partial charge in [0.1, 0.15) is 0 Å². The van der Waals surface area contributed by atoms with E-state index in [9.17, 15) is 18.0 Å². The maximum absolute atomic E-state index is 12.1. The number of amides is 2. The second kappa shape index (κ2) is 6.89. The molecule has 1 aromatic carbocycles. The van der Waals surface area contributed by atoms with Crippen molar-refractivity contribution < 1.29 is 18.0 Å². The Balaban J connectivity index is 1.98. The molecule has 1 fully saturated rings. The van der Waals surface area contributed by atoms with Crippen molar-refractivity contribution in [3.05, 3.63) is 29.8 Å². The van der Waals surface area contributed by atoms with Gasteiger partial charge in [0, 0.05) is 31.6 Å². The van der Waals surface area contributed by atoms with Crippen molar-refractivity contribution in [2.75, 3.05) is 13.1 Å². The Morgan fingerprint density at radius 3 is 2.50 bits per heavy atom. The van der Waals surface area contributed by atoms with E-state index in [2.05, 4.69) is 15.4 Å². The molecule has 0 atom stereocenters. The summed E-state index contributed by atoms with van der Waals surface area (Å²) in [5, 5.41) is 5.17. The van der Waals surface area contributed by atoms with Crippen molar-refractivity contribution in [3.8, 4) is 0 Å². The predicted octanol–water partition coefficient (Wildman–Crippen LogP) is -0.00680. The lowest BCUT2D eigenvalue weighted by molar-refractivity contribution is -0.118. The zero-order chi connectivity index (χ0) is 16.2. The molecular formula is C14H19N3O4S. The Kier molecular flexibility index (Phi) is 5.15. The normalized spacial score (nSPS) is 14.4. The van der Waals surface area contributed by atoms with Crippen LogP contribution < -0.4 is 15.4 Å². The quantitative estimate of drug-likeness (QED) is 0.613. The van der Waals surface area contributed by atoms with Crippen LogP contribution in [0.15, 0.2) is 29.2 Å². The highest BCUT2D eigenvalue weighted by molar-refractivity contribution is 7.89. The first-order chi connectivity index (χ1) is 10.4. The van der Waals surface area contributed by atoms with Gasteiger partial charge in [-0.2, -0.15) is 0 Å². The van der Waals surface area contributed by atoms with Crippen LogP contribution in [0.3, 0.4) is 0 Å². The average molecular weight is 325 g/mol. The van der Waals surface area contributed by atoms with E-state index in [1.807, 2.05) is 0 Å². The molecule has 120 valence electrons. The van der Waals surface area contributed by atoms with Crippen molar-refractivity contribution >= 4 is 21.8 Å². The van der Waals surface area contributed by atoms with Gasteiger partial charge in [-0.1, -0.05) is 6.07 Å². The van der Waals surface area contributed by atoms with Gasteiger partial charge in [-0.25, -0.2) is 13.1 Å². The van der Waals surface area contributed by atoms with Crippen LogP contribution in [0.4, 0.5) is 0 Å². The highest BCUT2D eigenvalue weighted by Gasteiger charge is 2.28. The summed E-state index contributed by atoms with van der Waals surface area (Å²) < 4.78 is 26.8. The van der Waals surface area contributed by atoms with Gasteiger partial charge in [0.15, 0.2) is 0 Å². The summed E-state index contributed by atoms with van der Waals surface area (Å²) in [4.78, 5) is 22.8. The van der Waals surface area contributed by atoms with Crippen molar-refractivity contribution in [2.24, 2.45) is 0 Å². The maximum atomic E-state index is 12.1. The molecule has 0 radical (unpaired) electrons. The van der Waals surface area contributed by atoms with E-state index in [1.54, 1.807) is 6.07 Å². The molecule has 22 heavy (non-hydrogen) atoms. The number of hydrogen-bond acceptors (Lipinski definition) is 4. The third-order valence-corrected chi connectivity index (χ3v) is 4.61. The Morgan fingerprint density at radius 2 is 1.86 bits per heavy atom. The first kappa shape index (κ1) is 16.4. The zero-order valence-corrected chi connectivity index (χ0v) is 13.1. The third-order valence-electron chi connectivity index (χ3n) is 3.09. The summed E-state index contributed by atoms with van der Waals surface area (Å²) in [5.41, 5.74) is 0.265. The number of rotatable bonds is 7. The molecule has 1 saturated carbocycles. The van der Waals surface area contributed by atoms with Crippen LogP contribution in [0.1, 0.15) is 30.1 Å². The van der Waals surface area contributed by atoms with Gasteiger partial charge < -0.3 is 10.6 Å². The molecule has 2 amide bonds. The van der Waals surface area contributed by atoms with Crippen molar-refractivity contribution in [2.45, 2.75) is 30.7 Å². The van der Waals surface area contributed by atoms with Crippen LogP contribution in [0.5, 0.6) is 0 Å². The third kappa shape index (κ3) is 4.81. The SMILES string of the molecule is CC(=O)NCCNC(=O)c1cccc(S(=O)(=O)NC2CC2)c1. The Morgan fingerprint density at radius 1 is 1.18 bits per heavy atom. The van der Waals surface area contributed by atoms with E-state index < -0.39 is 10.0 Å². The van der Waals surface area contributed by atoms with Gasteiger partial charge in [-0.3, -0.25) is 9.59 Å². The van der Waals surface area contributed by atoms with Gasteiger partial charge >= 0.3 is 0 Å². The lowest BCUT2D eigenvalue weighted by atomic mass is 10.2. The first-order valence-corrected chi connectivity index (χ1v) is 8.52. The van der Waals surface area contributed by atoms with Crippen LogP contribution in [-0.4, -0.2) is 39.4 Å². The van der Waals surface area contributed by atoms with E-state index in [0.717, 1.165) is 12.8 Å². The highest BCUT2D eigenvalue weighted by Crippen LogP contribution is 2.22. The second-order valence-corrected chi connectivity index (χ2v) is 6.88. The molecule has 2 rings (SSSR count). The molecule has 0 spiro atoms. The summed E-state index contributed by atoms with van der Waals surface area (Å²) in [6.45, 7) is 1.99. The topological polar surface area (TPSA) is 104 Å². The minimum Gasteiger partial charge on any atom is -0.355 e. The minimum atomic E-state index is -3.58. The van der Waals surface area contributed by atoms with Gasteiger partial charge in [0.2, 0.25) is 15.9 Å². The molecular weight excluding hydrogens is 306 g/mol. The number of nitrogens with one attached hydrogen (secondary N) is 3. The van der Waals surface area contributed by atoms with Crippen LogP contribution >= 0.6 is 0 Å². The smallest absolute Gasteiger partial charge is 0.251 e. The molecule has 8 heteroatoms. The molecule has 0 aromatic heterocycles. The Labute approximate surface area is 129 Å². The fourth-order valence-electron chi connectivity index (χ4n) is 1.81. The van der Waals surface area contributed by atoms with E-state index in [4.69, 9.17) is 0 Å². The summed E-state index contributed by atoms with van der Waals surface area (Å²) in [5.74, 6) is -0.553. The van der Waals surface area contributed by atoms with Crippen LogP contribution in [-0.2, 0) is 14.8 Å². The van der Waals surface area contributed by atoms with Crippen LogP contribution in [0.2, 0.25) is 0 Å². The summed E-state index contributed by atoms with van der Waals surface area (Å²) in [7, 11) is -3.58. The molecule has 0 bridgehead atoms. The monoisotopic (exact) mass is 325 g/mol. The van der Waals surface area contributed by atoms with E-state index in [1.165, 1.54) is 25.1 Å². The van der Waals surface area contributed by atoms with E-state index in [-0.39, 0.29) is 34.9 Å². The molecule has 7 nitrogen and oxygen atoms in total. The van der Waals surface area contributed by atoms with Crippen LogP contribution in [0.25, 0.3) is 0 Å². The molecule has 0 aliphatic heterocycles.